The van der Waals surface area contributed by atoms with Crippen LogP contribution in [0.25, 0.3) is 0 Å². The summed E-state index contributed by atoms with van der Waals surface area (Å²) in [5.41, 5.74) is 1.83. The van der Waals surface area contributed by atoms with E-state index < -0.39 is 22.0 Å². The summed E-state index contributed by atoms with van der Waals surface area (Å²) in [4.78, 5) is 40.9. The van der Waals surface area contributed by atoms with E-state index in [-0.39, 0.29) is 34.4 Å². The highest BCUT2D eigenvalue weighted by molar-refractivity contribution is 7.90. The van der Waals surface area contributed by atoms with Gasteiger partial charge in [-0.05, 0) is 32.0 Å². The van der Waals surface area contributed by atoms with Crippen LogP contribution in [0.4, 0.5) is 5.13 Å². The quantitative estimate of drug-likeness (QED) is 0.656. The first kappa shape index (κ1) is 22.3. The van der Waals surface area contributed by atoms with Crippen molar-refractivity contribution in [3.63, 3.8) is 0 Å². The van der Waals surface area contributed by atoms with Crippen LogP contribution in [0.3, 0.4) is 0 Å². The summed E-state index contributed by atoms with van der Waals surface area (Å²) in [6, 6.07) is 3.66. The molecule has 1 aromatic heterocycles. The van der Waals surface area contributed by atoms with Gasteiger partial charge in [0.25, 0.3) is 21.8 Å². The molecule has 11 nitrogen and oxygen atoms in total. The lowest BCUT2D eigenvalue weighted by molar-refractivity contribution is -0.117. The van der Waals surface area contributed by atoms with Crippen LogP contribution in [0.5, 0.6) is 0 Å². The van der Waals surface area contributed by atoms with E-state index in [4.69, 9.17) is 0 Å². The van der Waals surface area contributed by atoms with Gasteiger partial charge in [0.1, 0.15) is 10.4 Å². The molecule has 0 saturated carbocycles. The molecule has 0 unspecified atom stereocenters. The van der Waals surface area contributed by atoms with Crippen molar-refractivity contribution >= 4 is 44.2 Å². The number of nitrogens with zero attached hydrogens (tertiary/aromatic N) is 5. The molecular formula is C19H22N6O5S2. The molecule has 1 saturated heterocycles. The van der Waals surface area contributed by atoms with Crippen molar-refractivity contribution in [2.75, 3.05) is 38.0 Å². The number of benzene rings is 1. The van der Waals surface area contributed by atoms with Crippen LogP contribution in [0.1, 0.15) is 34.6 Å². The molecule has 2 aromatic rings. The van der Waals surface area contributed by atoms with Crippen LogP contribution >= 0.6 is 11.3 Å². The zero-order valence-corrected chi connectivity index (χ0v) is 19.1. The monoisotopic (exact) mass is 478 g/mol. The standard InChI is InChI=1S/C19H22N6O5S2/c1-12(2)25-18(28)14-4-3-13(9-15(14)32(25,29)30)17(27)24-7-5-23(6-8-24)10-16(26)21-19-22-20-11-31-19/h3-4,9,11-12H,5-8,10H2,1-2H3,(H,21,22,26). The van der Waals surface area contributed by atoms with E-state index in [2.05, 4.69) is 15.5 Å². The third kappa shape index (κ3) is 4.10. The van der Waals surface area contributed by atoms with E-state index in [1.807, 2.05) is 4.90 Å². The van der Waals surface area contributed by atoms with Crippen molar-refractivity contribution in [2.24, 2.45) is 0 Å². The molecule has 32 heavy (non-hydrogen) atoms. The molecule has 13 heteroatoms. The summed E-state index contributed by atoms with van der Waals surface area (Å²) in [6.45, 7) is 5.21. The van der Waals surface area contributed by atoms with Gasteiger partial charge in [-0.2, -0.15) is 0 Å². The zero-order chi connectivity index (χ0) is 23.0. The largest absolute Gasteiger partial charge is 0.336 e. The SMILES string of the molecule is CC(C)N1C(=O)c2ccc(C(=O)N3CCN(CC(=O)Nc4nncs4)CC3)cc2S1(=O)=O. The lowest BCUT2D eigenvalue weighted by Crippen LogP contribution is -2.50. The number of hydrogen-bond donors (Lipinski definition) is 1. The summed E-state index contributed by atoms with van der Waals surface area (Å²) in [7, 11) is -3.97. The molecule has 170 valence electrons. The average Bonchev–Trinajstić information content (AvgIpc) is 3.32. The van der Waals surface area contributed by atoms with E-state index in [1.54, 1.807) is 18.7 Å². The number of carbonyl (C=O) groups is 3. The zero-order valence-electron chi connectivity index (χ0n) is 17.5. The van der Waals surface area contributed by atoms with Crippen molar-refractivity contribution < 1.29 is 22.8 Å². The summed E-state index contributed by atoms with van der Waals surface area (Å²) in [6.07, 6.45) is 0. The normalized spacial score (nSPS) is 18.2. The third-order valence-corrected chi connectivity index (χ3v) is 7.90. The van der Waals surface area contributed by atoms with Gasteiger partial charge in [-0.25, -0.2) is 12.7 Å². The summed E-state index contributed by atoms with van der Waals surface area (Å²) >= 11 is 1.23. The maximum absolute atomic E-state index is 13.0. The minimum absolute atomic E-state index is 0.0847. The molecule has 1 aromatic carbocycles. The van der Waals surface area contributed by atoms with Gasteiger partial charge in [-0.15, -0.1) is 10.2 Å². The Kier molecular flexibility index (Phi) is 5.97. The van der Waals surface area contributed by atoms with Crippen molar-refractivity contribution in [1.82, 2.24) is 24.3 Å². The summed E-state index contributed by atoms with van der Waals surface area (Å²) in [5, 5.41) is 10.5. The molecule has 0 aliphatic carbocycles. The van der Waals surface area contributed by atoms with Crippen LogP contribution in [-0.2, 0) is 14.8 Å². The number of piperazine rings is 1. The molecule has 1 fully saturated rings. The Morgan fingerprint density at radius 2 is 1.91 bits per heavy atom. The van der Waals surface area contributed by atoms with E-state index in [0.717, 1.165) is 4.31 Å². The van der Waals surface area contributed by atoms with Crippen LogP contribution in [0.15, 0.2) is 28.6 Å². The van der Waals surface area contributed by atoms with E-state index >= 15 is 0 Å². The number of rotatable bonds is 5. The minimum atomic E-state index is -3.97. The van der Waals surface area contributed by atoms with Crippen molar-refractivity contribution in [2.45, 2.75) is 24.8 Å². The van der Waals surface area contributed by atoms with Gasteiger partial charge in [-0.3, -0.25) is 24.6 Å². The predicted molar refractivity (Wildman–Crippen MR) is 116 cm³/mol. The van der Waals surface area contributed by atoms with E-state index in [9.17, 15) is 22.8 Å². The number of sulfonamides is 1. The fourth-order valence-corrected chi connectivity index (χ4v) is 6.03. The van der Waals surface area contributed by atoms with Crippen LogP contribution < -0.4 is 5.32 Å². The molecule has 3 heterocycles. The average molecular weight is 479 g/mol. The van der Waals surface area contributed by atoms with Gasteiger partial charge < -0.3 is 4.90 Å². The number of hydrogen-bond acceptors (Lipinski definition) is 9. The summed E-state index contributed by atoms with van der Waals surface area (Å²) < 4.78 is 26.4. The second kappa shape index (κ2) is 8.56. The molecule has 0 spiro atoms. The Morgan fingerprint density at radius 3 is 2.53 bits per heavy atom. The van der Waals surface area contributed by atoms with Crippen LogP contribution in [0.2, 0.25) is 0 Å². The predicted octanol–water partition coefficient (Wildman–Crippen LogP) is 0.488. The number of nitrogens with one attached hydrogen (secondary N) is 1. The van der Waals surface area contributed by atoms with Gasteiger partial charge in [0.05, 0.1) is 12.1 Å². The molecule has 4 rings (SSSR count). The highest BCUT2D eigenvalue weighted by Gasteiger charge is 2.43. The fourth-order valence-electron chi connectivity index (χ4n) is 3.77. The van der Waals surface area contributed by atoms with E-state index in [0.29, 0.717) is 31.3 Å². The Labute approximate surface area is 189 Å². The van der Waals surface area contributed by atoms with Gasteiger partial charge in [-0.1, -0.05) is 11.3 Å². The van der Waals surface area contributed by atoms with Crippen LogP contribution in [0, 0.1) is 0 Å². The third-order valence-electron chi connectivity index (χ3n) is 5.30. The molecule has 3 amide bonds. The Balaban J connectivity index is 1.40. The first-order valence-electron chi connectivity index (χ1n) is 9.99. The van der Waals surface area contributed by atoms with Gasteiger partial charge in [0.15, 0.2) is 0 Å². The molecule has 2 aliphatic heterocycles. The van der Waals surface area contributed by atoms with Crippen molar-refractivity contribution in [1.29, 1.82) is 0 Å². The molecular weight excluding hydrogens is 456 g/mol. The number of amides is 3. The lowest BCUT2D eigenvalue weighted by Gasteiger charge is -2.34. The van der Waals surface area contributed by atoms with Crippen molar-refractivity contribution in [3.05, 3.63) is 34.8 Å². The Hall–Kier alpha value is -2.90. The highest BCUT2D eigenvalue weighted by Crippen LogP contribution is 2.32. The number of aromatic nitrogens is 2. The summed E-state index contributed by atoms with van der Waals surface area (Å²) in [5.74, 6) is -1.09. The maximum Gasteiger partial charge on any atom is 0.269 e. The van der Waals surface area contributed by atoms with E-state index in [1.165, 1.54) is 35.0 Å². The topological polar surface area (TPSA) is 133 Å². The second-order valence-electron chi connectivity index (χ2n) is 7.77. The molecule has 1 N–H and O–H groups in total. The number of carbonyl (C=O) groups excluding carboxylic acids is 3. The van der Waals surface area contributed by atoms with Crippen molar-refractivity contribution in [3.8, 4) is 0 Å². The first-order valence-corrected chi connectivity index (χ1v) is 12.3. The van der Waals surface area contributed by atoms with Crippen LogP contribution in [-0.4, -0.2) is 89.2 Å². The smallest absolute Gasteiger partial charge is 0.269 e. The van der Waals surface area contributed by atoms with Gasteiger partial charge >= 0.3 is 0 Å². The first-order chi connectivity index (χ1) is 15.2. The lowest BCUT2D eigenvalue weighted by atomic mass is 10.1. The molecule has 0 bridgehead atoms. The number of fused-ring (bicyclic) bond motifs is 1. The molecule has 0 atom stereocenters. The highest BCUT2D eigenvalue weighted by atomic mass is 32.2. The van der Waals surface area contributed by atoms with Gasteiger partial charge in [0.2, 0.25) is 11.0 Å². The minimum Gasteiger partial charge on any atom is -0.336 e. The Morgan fingerprint density at radius 1 is 1.19 bits per heavy atom. The number of anilines is 1. The Bertz CT molecular complexity index is 1160. The molecule has 0 radical (unpaired) electrons. The maximum atomic E-state index is 13.0. The van der Waals surface area contributed by atoms with Gasteiger partial charge in [0, 0.05) is 37.8 Å². The second-order valence-corrected chi connectivity index (χ2v) is 10.4. The fraction of sp³-hybridized carbons (Fsp3) is 0.421. The molecule has 2 aliphatic rings.